The van der Waals surface area contributed by atoms with E-state index in [1.807, 2.05) is 32.0 Å². The third-order valence-corrected chi connectivity index (χ3v) is 2.65. The molecule has 0 aliphatic heterocycles. The summed E-state index contributed by atoms with van der Waals surface area (Å²) in [5.41, 5.74) is 1.79. The van der Waals surface area contributed by atoms with Gasteiger partial charge < -0.3 is 10.4 Å². The van der Waals surface area contributed by atoms with Crippen LogP contribution in [0.2, 0.25) is 0 Å². The molecule has 0 bridgehead atoms. The Kier molecular flexibility index (Phi) is 4.16. The molecule has 0 saturated carbocycles. The molecule has 0 radical (unpaired) electrons. The first kappa shape index (κ1) is 13.6. The van der Waals surface area contributed by atoms with Crippen LogP contribution < -0.4 is 5.32 Å². The van der Waals surface area contributed by atoms with E-state index in [0.717, 1.165) is 5.69 Å². The number of para-hydroxylation sites is 1. The zero-order valence-electron chi connectivity index (χ0n) is 10.9. The molecule has 3 nitrogen and oxygen atoms in total. The van der Waals surface area contributed by atoms with Crippen LogP contribution in [0.5, 0.6) is 0 Å². The average molecular weight is 235 g/mol. The average Bonchev–Trinajstić information content (AvgIpc) is 2.14. The number of carboxylic acids is 1. The minimum atomic E-state index is -0.787. The van der Waals surface area contributed by atoms with Crippen LogP contribution in [0.4, 0.5) is 5.69 Å². The van der Waals surface area contributed by atoms with Crippen LogP contribution in [0.15, 0.2) is 24.3 Å². The maximum Gasteiger partial charge on any atom is 0.305 e. The van der Waals surface area contributed by atoms with Gasteiger partial charge >= 0.3 is 5.97 Å². The van der Waals surface area contributed by atoms with Crippen LogP contribution in [0.3, 0.4) is 0 Å². The van der Waals surface area contributed by atoms with E-state index >= 15 is 0 Å². The van der Waals surface area contributed by atoms with Crippen LogP contribution in [0.1, 0.15) is 45.6 Å². The van der Waals surface area contributed by atoms with Crippen LogP contribution in [-0.2, 0) is 4.79 Å². The maximum absolute atomic E-state index is 10.8. The van der Waals surface area contributed by atoms with Crippen molar-refractivity contribution in [3.8, 4) is 0 Å². The van der Waals surface area contributed by atoms with E-state index in [9.17, 15) is 4.79 Å². The van der Waals surface area contributed by atoms with Gasteiger partial charge in [0.25, 0.3) is 0 Å². The summed E-state index contributed by atoms with van der Waals surface area (Å²) in [7, 11) is 0. The van der Waals surface area contributed by atoms with E-state index in [2.05, 4.69) is 25.2 Å². The zero-order valence-corrected chi connectivity index (χ0v) is 10.9. The van der Waals surface area contributed by atoms with Crippen LogP contribution in [0.25, 0.3) is 0 Å². The van der Waals surface area contributed by atoms with Gasteiger partial charge in [0.1, 0.15) is 0 Å². The van der Waals surface area contributed by atoms with Gasteiger partial charge in [-0.2, -0.15) is 0 Å². The summed E-state index contributed by atoms with van der Waals surface area (Å²) in [4.78, 5) is 10.8. The Labute approximate surface area is 103 Å². The Morgan fingerprint density at radius 1 is 1.35 bits per heavy atom. The Morgan fingerprint density at radius 3 is 2.47 bits per heavy atom. The first-order valence-electron chi connectivity index (χ1n) is 5.91. The Morgan fingerprint density at radius 2 is 1.94 bits per heavy atom. The molecule has 0 spiro atoms. The van der Waals surface area contributed by atoms with E-state index in [0.29, 0.717) is 5.92 Å². The van der Waals surface area contributed by atoms with Crippen LogP contribution in [-0.4, -0.2) is 16.6 Å². The number of anilines is 1. The second-order valence-electron chi connectivity index (χ2n) is 5.32. The fourth-order valence-corrected chi connectivity index (χ4v) is 1.90. The van der Waals surface area contributed by atoms with Crippen molar-refractivity contribution in [1.29, 1.82) is 0 Å². The van der Waals surface area contributed by atoms with Crippen molar-refractivity contribution >= 4 is 11.7 Å². The molecule has 17 heavy (non-hydrogen) atoms. The summed E-state index contributed by atoms with van der Waals surface area (Å²) in [6.07, 6.45) is 0.0967. The number of benzene rings is 1. The number of carbonyl (C=O) groups is 1. The van der Waals surface area contributed by atoms with Crippen molar-refractivity contribution in [1.82, 2.24) is 0 Å². The van der Waals surface area contributed by atoms with Gasteiger partial charge in [0.15, 0.2) is 0 Å². The molecule has 1 aromatic rings. The predicted molar refractivity (Wildman–Crippen MR) is 70.5 cm³/mol. The number of aliphatic carboxylic acids is 1. The first-order valence-corrected chi connectivity index (χ1v) is 5.91. The Bertz CT molecular complexity index is 397. The second-order valence-corrected chi connectivity index (χ2v) is 5.32. The van der Waals surface area contributed by atoms with Crippen molar-refractivity contribution in [2.75, 3.05) is 5.32 Å². The summed E-state index contributed by atoms with van der Waals surface area (Å²) >= 11 is 0. The van der Waals surface area contributed by atoms with Gasteiger partial charge in [0.05, 0.1) is 6.42 Å². The molecule has 0 aliphatic carbocycles. The second kappa shape index (κ2) is 5.21. The van der Waals surface area contributed by atoms with Gasteiger partial charge in [0.2, 0.25) is 0 Å². The van der Waals surface area contributed by atoms with Crippen molar-refractivity contribution < 1.29 is 9.90 Å². The van der Waals surface area contributed by atoms with Gasteiger partial charge in [-0.1, -0.05) is 32.0 Å². The van der Waals surface area contributed by atoms with Gasteiger partial charge in [0, 0.05) is 11.2 Å². The zero-order chi connectivity index (χ0) is 13.1. The fourth-order valence-electron chi connectivity index (χ4n) is 1.90. The number of hydrogen-bond acceptors (Lipinski definition) is 2. The lowest BCUT2D eigenvalue weighted by molar-refractivity contribution is -0.137. The highest BCUT2D eigenvalue weighted by Gasteiger charge is 2.22. The molecule has 0 heterocycles. The smallest absolute Gasteiger partial charge is 0.305 e. The molecule has 0 saturated heterocycles. The lowest BCUT2D eigenvalue weighted by Crippen LogP contribution is -2.34. The summed E-state index contributed by atoms with van der Waals surface area (Å²) < 4.78 is 0. The summed E-state index contributed by atoms with van der Waals surface area (Å²) in [6, 6.07) is 8.04. The summed E-state index contributed by atoms with van der Waals surface area (Å²) in [6.45, 7) is 8.06. The van der Waals surface area contributed by atoms with Crippen molar-refractivity contribution in [2.24, 2.45) is 0 Å². The molecule has 0 atom stereocenters. The predicted octanol–water partition coefficient (Wildman–Crippen LogP) is 3.48. The first-order chi connectivity index (χ1) is 7.82. The van der Waals surface area contributed by atoms with Gasteiger partial charge in [-0.15, -0.1) is 0 Å². The minimum absolute atomic E-state index is 0.0967. The number of hydrogen-bond donors (Lipinski definition) is 2. The lowest BCUT2D eigenvalue weighted by Gasteiger charge is -2.28. The summed E-state index contributed by atoms with van der Waals surface area (Å²) in [5.74, 6) is -0.371. The van der Waals surface area contributed by atoms with E-state index in [1.54, 1.807) is 0 Å². The highest BCUT2D eigenvalue weighted by atomic mass is 16.4. The van der Waals surface area contributed by atoms with E-state index in [1.165, 1.54) is 5.56 Å². The molecule has 94 valence electrons. The minimum Gasteiger partial charge on any atom is -0.481 e. The molecule has 0 unspecified atom stereocenters. The number of nitrogens with one attached hydrogen (secondary N) is 1. The van der Waals surface area contributed by atoms with Crippen molar-refractivity contribution in [3.05, 3.63) is 29.8 Å². The van der Waals surface area contributed by atoms with Gasteiger partial charge in [-0.3, -0.25) is 4.79 Å². The molecule has 1 aromatic carbocycles. The van der Waals surface area contributed by atoms with Crippen LogP contribution >= 0.6 is 0 Å². The number of rotatable bonds is 5. The SMILES string of the molecule is CC(C)c1ccccc1NC(C)(C)CC(=O)O. The van der Waals surface area contributed by atoms with Crippen molar-refractivity contribution in [2.45, 2.75) is 45.6 Å². The topological polar surface area (TPSA) is 49.3 Å². The maximum atomic E-state index is 10.8. The molecule has 2 N–H and O–H groups in total. The quantitative estimate of drug-likeness (QED) is 0.821. The molecule has 0 aromatic heterocycles. The van der Waals surface area contributed by atoms with E-state index in [4.69, 9.17) is 5.11 Å². The van der Waals surface area contributed by atoms with Gasteiger partial charge in [-0.25, -0.2) is 0 Å². The standard InChI is InChI=1S/C14H21NO2/c1-10(2)11-7-5-6-8-12(11)15-14(3,4)9-13(16)17/h5-8,10,15H,9H2,1-4H3,(H,16,17). The Hall–Kier alpha value is -1.51. The molecule has 1 rings (SSSR count). The molecule has 0 amide bonds. The van der Waals surface area contributed by atoms with Crippen molar-refractivity contribution in [3.63, 3.8) is 0 Å². The molecule has 3 heteroatoms. The third-order valence-electron chi connectivity index (χ3n) is 2.65. The molecule has 0 aliphatic rings. The molecular weight excluding hydrogens is 214 g/mol. The highest BCUT2D eigenvalue weighted by Crippen LogP contribution is 2.27. The normalized spacial score (nSPS) is 11.6. The van der Waals surface area contributed by atoms with Gasteiger partial charge in [-0.05, 0) is 31.4 Å². The molecule has 0 fully saturated rings. The highest BCUT2D eigenvalue weighted by molar-refractivity contribution is 5.69. The lowest BCUT2D eigenvalue weighted by atomic mass is 9.96. The Balaban J connectivity index is 2.91. The monoisotopic (exact) mass is 235 g/mol. The summed E-state index contributed by atoms with van der Waals surface area (Å²) in [5, 5.41) is 12.2. The molecular formula is C14H21NO2. The van der Waals surface area contributed by atoms with E-state index in [-0.39, 0.29) is 6.42 Å². The fraction of sp³-hybridized carbons (Fsp3) is 0.500. The van der Waals surface area contributed by atoms with E-state index < -0.39 is 11.5 Å². The number of carboxylic acid groups (broad SMARTS) is 1. The third kappa shape index (κ3) is 4.10. The van der Waals surface area contributed by atoms with Crippen LogP contribution in [0, 0.1) is 0 Å². The largest absolute Gasteiger partial charge is 0.481 e.